The van der Waals surface area contributed by atoms with E-state index in [0.29, 0.717) is 12.0 Å². The summed E-state index contributed by atoms with van der Waals surface area (Å²) in [4.78, 5) is 3.00. The molecule has 2 bridgehead atoms. The van der Waals surface area contributed by atoms with Crippen molar-refractivity contribution in [3.8, 4) is 0 Å². The minimum absolute atomic E-state index is 0.0444. The lowest BCUT2D eigenvalue weighted by Crippen LogP contribution is -2.59. The highest BCUT2D eigenvalue weighted by molar-refractivity contribution is 7.11. The van der Waals surface area contributed by atoms with Crippen LogP contribution < -0.4 is 4.57 Å². The van der Waals surface area contributed by atoms with Gasteiger partial charge in [-0.25, -0.2) is 0 Å². The zero-order valence-corrected chi connectivity index (χ0v) is 15.8. The monoisotopic (exact) mass is 372 g/mol. The van der Waals surface area contributed by atoms with E-state index in [1.165, 1.54) is 26.6 Å². The lowest BCUT2D eigenvalue weighted by Gasteiger charge is -2.48. The van der Waals surface area contributed by atoms with Gasteiger partial charge in [0.1, 0.15) is 0 Å². The van der Waals surface area contributed by atoms with Gasteiger partial charge in [-0.1, -0.05) is 42.5 Å². The average Bonchev–Trinajstić information content (AvgIpc) is 3.42. The van der Waals surface area contributed by atoms with E-state index in [0.717, 1.165) is 6.42 Å². The summed E-state index contributed by atoms with van der Waals surface area (Å²) in [6.45, 7) is 0. The normalized spacial score (nSPS) is 22.0. The molecule has 0 saturated carbocycles. The Bertz CT molecular complexity index is 997. The van der Waals surface area contributed by atoms with Crippen molar-refractivity contribution in [2.45, 2.75) is 23.8 Å². The van der Waals surface area contributed by atoms with Gasteiger partial charge in [0.25, 0.3) is 0 Å². The summed E-state index contributed by atoms with van der Waals surface area (Å²) in [6.07, 6.45) is 3.41. The first-order chi connectivity index (χ1) is 12.9. The number of pyridine rings is 1. The smallest absolute Gasteiger partial charge is 0.190 e. The number of aromatic nitrogens is 1. The first-order valence-corrected chi connectivity index (χ1v) is 10.8. The molecule has 0 amide bonds. The Labute approximate surface area is 161 Å². The van der Waals surface area contributed by atoms with Gasteiger partial charge in [0.2, 0.25) is 0 Å². The molecule has 1 aromatic carbocycles. The van der Waals surface area contributed by atoms with Crippen LogP contribution in [0.25, 0.3) is 0 Å². The SMILES string of the molecule is c1csc(C2(c3cccs3)CC3c4ccccc4C2c2cccc[n+]23)c1. The predicted octanol–water partition coefficient (Wildman–Crippen LogP) is 5.52. The van der Waals surface area contributed by atoms with Crippen molar-refractivity contribution < 1.29 is 4.57 Å². The van der Waals surface area contributed by atoms with Crippen LogP contribution in [-0.2, 0) is 5.41 Å². The lowest BCUT2D eigenvalue weighted by atomic mass is 9.57. The Kier molecular flexibility index (Phi) is 3.08. The number of thiophene rings is 2. The lowest BCUT2D eigenvalue weighted by molar-refractivity contribution is -0.732. The van der Waals surface area contributed by atoms with Crippen molar-refractivity contribution in [3.63, 3.8) is 0 Å². The van der Waals surface area contributed by atoms with E-state index >= 15 is 0 Å². The van der Waals surface area contributed by atoms with Crippen molar-refractivity contribution in [3.05, 3.63) is 110 Å². The van der Waals surface area contributed by atoms with Crippen molar-refractivity contribution >= 4 is 22.7 Å². The Hall–Kier alpha value is -2.23. The number of nitrogens with zero attached hydrogens (tertiary/aromatic N) is 1. The van der Waals surface area contributed by atoms with E-state index in [-0.39, 0.29) is 5.41 Å². The summed E-state index contributed by atoms with van der Waals surface area (Å²) in [6, 6.07) is 25.3. The second kappa shape index (κ2) is 5.38. The van der Waals surface area contributed by atoms with E-state index in [1.54, 1.807) is 0 Å². The molecule has 1 nitrogen and oxygen atoms in total. The molecule has 0 spiro atoms. The van der Waals surface area contributed by atoms with E-state index in [1.807, 2.05) is 22.7 Å². The zero-order chi connectivity index (χ0) is 17.1. The van der Waals surface area contributed by atoms with Crippen LogP contribution in [0.1, 0.15) is 45.0 Å². The standard InChI is InChI=1S/C23H18NS2/c1-2-8-17-16(7-1)19-15-23(20-10-5-13-25-20,21-11-6-14-26-21)22(17)18-9-3-4-12-24(18)19/h1-14,19,22H,15H2/q+1. The summed E-state index contributed by atoms with van der Waals surface area (Å²) in [5, 5.41) is 4.47. The molecule has 5 heterocycles. The van der Waals surface area contributed by atoms with Crippen LogP contribution in [0.15, 0.2) is 83.7 Å². The van der Waals surface area contributed by atoms with E-state index in [9.17, 15) is 0 Å². The highest BCUT2D eigenvalue weighted by atomic mass is 32.1. The second-order valence-corrected chi connectivity index (χ2v) is 9.14. The number of rotatable bonds is 2. The molecule has 1 aliphatic carbocycles. The van der Waals surface area contributed by atoms with E-state index in [4.69, 9.17) is 0 Å². The molecule has 3 aliphatic rings. The van der Waals surface area contributed by atoms with Crippen LogP contribution in [0.2, 0.25) is 0 Å². The molecule has 2 aliphatic heterocycles. The maximum absolute atomic E-state index is 2.52. The largest absolute Gasteiger partial charge is 0.195 e. The maximum atomic E-state index is 2.52. The number of hydrogen-bond acceptors (Lipinski definition) is 2. The van der Waals surface area contributed by atoms with Gasteiger partial charge in [-0.3, -0.25) is 0 Å². The summed E-state index contributed by atoms with van der Waals surface area (Å²) in [5.41, 5.74) is 4.51. The van der Waals surface area contributed by atoms with Crippen LogP contribution in [0, 0.1) is 0 Å². The highest BCUT2D eigenvalue weighted by Crippen LogP contribution is 2.60. The molecule has 3 aromatic heterocycles. The molecule has 0 N–H and O–H groups in total. The Morgan fingerprint density at radius 2 is 1.46 bits per heavy atom. The predicted molar refractivity (Wildman–Crippen MR) is 107 cm³/mol. The van der Waals surface area contributed by atoms with Gasteiger partial charge in [0.05, 0.1) is 11.3 Å². The van der Waals surface area contributed by atoms with Gasteiger partial charge in [0.15, 0.2) is 17.9 Å². The van der Waals surface area contributed by atoms with Gasteiger partial charge in [-0.05, 0) is 28.5 Å². The third-order valence-electron chi connectivity index (χ3n) is 6.15. The van der Waals surface area contributed by atoms with Crippen molar-refractivity contribution in [1.82, 2.24) is 0 Å². The molecule has 2 unspecified atom stereocenters. The molecule has 0 fully saturated rings. The molecule has 3 heteroatoms. The molecular formula is C23H18NS2+. The summed E-state index contributed by atoms with van der Waals surface area (Å²) in [5.74, 6) is 0.363. The second-order valence-electron chi connectivity index (χ2n) is 7.24. The van der Waals surface area contributed by atoms with Crippen LogP contribution in [0.3, 0.4) is 0 Å². The summed E-state index contributed by atoms with van der Waals surface area (Å²) >= 11 is 3.83. The van der Waals surface area contributed by atoms with Gasteiger partial charge >= 0.3 is 0 Å². The molecule has 126 valence electrons. The fourth-order valence-electron chi connectivity index (χ4n) is 5.21. The first-order valence-electron chi connectivity index (χ1n) is 9.06. The third-order valence-corrected chi connectivity index (χ3v) is 8.25. The topological polar surface area (TPSA) is 3.88 Å². The van der Waals surface area contributed by atoms with E-state index < -0.39 is 0 Å². The maximum Gasteiger partial charge on any atom is 0.190 e. The van der Waals surface area contributed by atoms with E-state index in [2.05, 4.69) is 88.3 Å². The average molecular weight is 373 g/mol. The first kappa shape index (κ1) is 14.9. The highest BCUT2D eigenvalue weighted by Gasteiger charge is 2.60. The number of fused-ring (bicyclic) bond motifs is 1. The van der Waals surface area contributed by atoms with Crippen molar-refractivity contribution in [1.29, 1.82) is 0 Å². The number of hydrogen-bond donors (Lipinski definition) is 0. The summed E-state index contributed by atoms with van der Waals surface area (Å²) in [7, 11) is 0. The van der Waals surface area contributed by atoms with Crippen LogP contribution >= 0.6 is 22.7 Å². The molecule has 4 aromatic rings. The molecular weight excluding hydrogens is 354 g/mol. The molecule has 2 atom stereocenters. The summed E-state index contributed by atoms with van der Waals surface area (Å²) < 4.78 is 2.52. The van der Waals surface area contributed by atoms with Gasteiger partial charge in [-0.2, -0.15) is 4.57 Å². The quantitative estimate of drug-likeness (QED) is 0.408. The van der Waals surface area contributed by atoms with Crippen LogP contribution in [0.5, 0.6) is 0 Å². The van der Waals surface area contributed by atoms with Crippen LogP contribution in [0.4, 0.5) is 0 Å². The van der Waals surface area contributed by atoms with Gasteiger partial charge in [0, 0.05) is 33.9 Å². The Balaban J connectivity index is 1.73. The molecule has 0 radical (unpaired) electrons. The van der Waals surface area contributed by atoms with Gasteiger partial charge in [-0.15, -0.1) is 22.7 Å². The number of benzene rings is 1. The fraction of sp³-hybridized carbons (Fsp3) is 0.174. The van der Waals surface area contributed by atoms with Crippen molar-refractivity contribution in [2.24, 2.45) is 0 Å². The fourth-order valence-corrected chi connectivity index (χ4v) is 7.23. The van der Waals surface area contributed by atoms with Crippen molar-refractivity contribution in [2.75, 3.05) is 0 Å². The minimum atomic E-state index is 0.0444. The molecule has 0 saturated heterocycles. The van der Waals surface area contributed by atoms with Crippen LogP contribution in [-0.4, -0.2) is 0 Å². The zero-order valence-electron chi connectivity index (χ0n) is 14.2. The molecule has 7 rings (SSSR count). The Morgan fingerprint density at radius 1 is 0.769 bits per heavy atom. The molecule has 26 heavy (non-hydrogen) atoms. The third kappa shape index (κ3) is 1.77. The Morgan fingerprint density at radius 3 is 2.15 bits per heavy atom. The minimum Gasteiger partial charge on any atom is -0.195 e. The van der Waals surface area contributed by atoms with Gasteiger partial charge < -0.3 is 0 Å².